The molecule has 5 nitrogen and oxygen atoms in total. The minimum Gasteiger partial charge on any atom is -0.457 e. The fourth-order valence-electron chi connectivity index (χ4n) is 2.73. The number of ketones is 1. The summed E-state index contributed by atoms with van der Waals surface area (Å²) in [6.45, 7) is -0.171. The number of benzene rings is 2. The lowest BCUT2D eigenvalue weighted by molar-refractivity contribution is -0.147. The van der Waals surface area contributed by atoms with Gasteiger partial charge in [0.15, 0.2) is 12.4 Å². The van der Waals surface area contributed by atoms with E-state index in [1.807, 2.05) is 0 Å². The highest BCUT2D eigenvalue weighted by atomic mass is 35.5. The quantitative estimate of drug-likeness (QED) is 0.574. The third-order valence-corrected chi connectivity index (χ3v) is 4.85. The van der Waals surface area contributed by atoms with Crippen LogP contribution in [0.2, 0.25) is 10.0 Å². The van der Waals surface area contributed by atoms with E-state index in [4.69, 9.17) is 27.9 Å². The summed E-state index contributed by atoms with van der Waals surface area (Å²) in [5, 5.41) is 0.717. The summed E-state index contributed by atoms with van der Waals surface area (Å²) >= 11 is 11.9. The summed E-state index contributed by atoms with van der Waals surface area (Å²) in [7, 11) is 0. The molecule has 1 atom stereocenters. The number of esters is 1. The van der Waals surface area contributed by atoms with Gasteiger partial charge in [-0.1, -0.05) is 53.5 Å². The smallest absolute Gasteiger partial charge is 0.311 e. The van der Waals surface area contributed by atoms with Crippen LogP contribution < -0.4 is 4.90 Å². The number of hydrogen-bond acceptors (Lipinski definition) is 4. The summed E-state index contributed by atoms with van der Waals surface area (Å²) in [4.78, 5) is 37.9. The Balaban J connectivity index is 1.60. The fraction of sp³-hybridized carbons (Fsp3) is 0.211. The van der Waals surface area contributed by atoms with Crippen LogP contribution in [0, 0.1) is 5.92 Å². The van der Waals surface area contributed by atoms with Crippen LogP contribution in [0.15, 0.2) is 48.5 Å². The van der Waals surface area contributed by atoms with Crippen molar-refractivity contribution in [2.24, 2.45) is 5.92 Å². The van der Waals surface area contributed by atoms with Crippen molar-refractivity contribution in [3.63, 3.8) is 0 Å². The van der Waals surface area contributed by atoms with E-state index in [0.29, 0.717) is 21.3 Å². The summed E-state index contributed by atoms with van der Waals surface area (Å²) < 4.78 is 5.10. The lowest BCUT2D eigenvalue weighted by Crippen LogP contribution is -2.27. The lowest BCUT2D eigenvalue weighted by Gasteiger charge is -2.17. The molecule has 0 N–H and O–H groups in total. The maximum atomic E-state index is 12.2. The van der Waals surface area contributed by atoms with Crippen LogP contribution in [-0.2, 0) is 14.3 Å². The first-order valence-electron chi connectivity index (χ1n) is 7.96. The predicted octanol–water partition coefficient (Wildman–Crippen LogP) is 3.77. The van der Waals surface area contributed by atoms with Crippen molar-refractivity contribution in [1.82, 2.24) is 0 Å². The standard InChI is InChI=1S/C19H15Cl2NO4/c20-15-7-6-14(9-16(15)21)22-10-13(8-18(22)24)19(25)26-11-17(23)12-4-2-1-3-5-12/h1-7,9,13H,8,10-11H2/t13-/m1/s1. The first kappa shape index (κ1) is 18.4. The molecule has 0 unspecified atom stereocenters. The Hall–Kier alpha value is -2.37. The molecule has 1 saturated heterocycles. The summed E-state index contributed by atoms with van der Waals surface area (Å²) in [5.74, 6) is -1.69. The zero-order valence-electron chi connectivity index (χ0n) is 13.7. The Bertz CT molecular complexity index is 854. The minimum absolute atomic E-state index is 0.0264. The molecule has 26 heavy (non-hydrogen) atoms. The molecule has 1 amide bonds. The van der Waals surface area contributed by atoms with Crippen LogP contribution in [0.3, 0.4) is 0 Å². The summed E-state index contributed by atoms with van der Waals surface area (Å²) in [6.07, 6.45) is 0.0264. The molecule has 1 aliphatic rings. The van der Waals surface area contributed by atoms with Gasteiger partial charge < -0.3 is 9.64 Å². The Morgan fingerprint density at radius 1 is 1.08 bits per heavy atom. The van der Waals surface area contributed by atoms with Crippen LogP contribution >= 0.6 is 23.2 Å². The number of halogens is 2. The maximum Gasteiger partial charge on any atom is 0.311 e. The topological polar surface area (TPSA) is 63.7 Å². The summed E-state index contributed by atoms with van der Waals surface area (Å²) in [6, 6.07) is 13.4. The van der Waals surface area contributed by atoms with Gasteiger partial charge >= 0.3 is 5.97 Å². The largest absolute Gasteiger partial charge is 0.457 e. The van der Waals surface area contributed by atoms with Crippen molar-refractivity contribution in [2.45, 2.75) is 6.42 Å². The highest BCUT2D eigenvalue weighted by molar-refractivity contribution is 6.42. The van der Waals surface area contributed by atoms with Gasteiger partial charge in [-0.15, -0.1) is 0 Å². The van der Waals surface area contributed by atoms with Crippen molar-refractivity contribution in [3.05, 3.63) is 64.1 Å². The fourth-order valence-corrected chi connectivity index (χ4v) is 3.02. The van der Waals surface area contributed by atoms with Crippen molar-refractivity contribution in [3.8, 4) is 0 Å². The third-order valence-electron chi connectivity index (χ3n) is 4.11. The van der Waals surface area contributed by atoms with E-state index >= 15 is 0 Å². The Kier molecular flexibility index (Phi) is 5.59. The van der Waals surface area contributed by atoms with E-state index in [9.17, 15) is 14.4 Å². The number of ether oxygens (including phenoxy) is 1. The molecule has 3 rings (SSSR count). The van der Waals surface area contributed by atoms with Crippen molar-refractivity contribution in [2.75, 3.05) is 18.1 Å². The molecular weight excluding hydrogens is 377 g/mol. The third kappa shape index (κ3) is 4.06. The highest BCUT2D eigenvalue weighted by Crippen LogP contribution is 2.31. The van der Waals surface area contributed by atoms with Crippen LogP contribution in [0.25, 0.3) is 0 Å². The molecule has 134 valence electrons. The van der Waals surface area contributed by atoms with Crippen molar-refractivity contribution in [1.29, 1.82) is 0 Å². The van der Waals surface area contributed by atoms with Gasteiger partial charge in [-0.3, -0.25) is 14.4 Å². The van der Waals surface area contributed by atoms with Gasteiger partial charge in [0.25, 0.3) is 0 Å². The molecule has 0 bridgehead atoms. The van der Waals surface area contributed by atoms with Crippen LogP contribution in [-0.4, -0.2) is 30.8 Å². The molecule has 0 aliphatic carbocycles. The maximum absolute atomic E-state index is 12.2. The predicted molar refractivity (Wildman–Crippen MR) is 98.7 cm³/mol. The van der Waals surface area contributed by atoms with Gasteiger partial charge in [0.1, 0.15) is 0 Å². The van der Waals surface area contributed by atoms with Crippen molar-refractivity contribution < 1.29 is 19.1 Å². The number of rotatable bonds is 5. The Morgan fingerprint density at radius 2 is 1.81 bits per heavy atom. The first-order valence-corrected chi connectivity index (χ1v) is 8.71. The normalized spacial score (nSPS) is 16.6. The van der Waals surface area contributed by atoms with Gasteiger partial charge in [0.05, 0.1) is 16.0 Å². The molecule has 0 radical (unpaired) electrons. The number of carbonyl (C=O) groups excluding carboxylic acids is 3. The molecule has 0 spiro atoms. The van der Waals surface area contributed by atoms with E-state index in [1.165, 1.54) is 4.90 Å². The van der Waals surface area contributed by atoms with Gasteiger partial charge in [-0.25, -0.2) is 0 Å². The van der Waals surface area contributed by atoms with E-state index in [-0.39, 0.29) is 31.3 Å². The zero-order chi connectivity index (χ0) is 18.7. The zero-order valence-corrected chi connectivity index (χ0v) is 15.2. The van der Waals surface area contributed by atoms with E-state index in [0.717, 1.165) is 0 Å². The SMILES string of the molecule is O=C(COC(=O)[C@@H]1CC(=O)N(c2ccc(Cl)c(Cl)c2)C1)c1ccccc1. The molecule has 2 aromatic rings. The molecule has 7 heteroatoms. The summed E-state index contributed by atoms with van der Waals surface area (Å²) in [5.41, 5.74) is 1.04. The second kappa shape index (κ2) is 7.89. The number of amides is 1. The van der Waals surface area contributed by atoms with Gasteiger partial charge in [-0.05, 0) is 18.2 Å². The first-order chi connectivity index (χ1) is 12.5. The van der Waals surface area contributed by atoms with E-state index in [2.05, 4.69) is 0 Å². The van der Waals surface area contributed by atoms with E-state index < -0.39 is 11.9 Å². The van der Waals surface area contributed by atoms with E-state index in [1.54, 1.807) is 48.5 Å². The average molecular weight is 392 g/mol. The monoisotopic (exact) mass is 391 g/mol. The number of carbonyl (C=O) groups is 3. The second-order valence-corrected chi connectivity index (χ2v) is 6.72. The van der Waals surface area contributed by atoms with Crippen LogP contribution in [0.4, 0.5) is 5.69 Å². The molecule has 1 aliphatic heterocycles. The number of anilines is 1. The molecular formula is C19H15Cl2NO4. The highest BCUT2D eigenvalue weighted by Gasteiger charge is 2.36. The van der Waals surface area contributed by atoms with Gasteiger partial charge in [0.2, 0.25) is 5.91 Å². The number of nitrogens with zero attached hydrogens (tertiary/aromatic N) is 1. The Labute approximate surface area is 160 Å². The van der Waals surface area contributed by atoms with Gasteiger partial charge in [-0.2, -0.15) is 0 Å². The molecule has 0 saturated carbocycles. The Morgan fingerprint density at radius 3 is 2.50 bits per heavy atom. The molecule has 1 fully saturated rings. The molecule has 1 heterocycles. The lowest BCUT2D eigenvalue weighted by atomic mass is 10.1. The van der Waals surface area contributed by atoms with Crippen molar-refractivity contribution >= 4 is 46.5 Å². The average Bonchev–Trinajstić information content (AvgIpc) is 3.04. The number of hydrogen-bond donors (Lipinski definition) is 0. The molecule has 2 aromatic carbocycles. The van der Waals surface area contributed by atoms with Gasteiger partial charge in [0, 0.05) is 24.2 Å². The minimum atomic E-state index is -0.625. The second-order valence-electron chi connectivity index (χ2n) is 5.90. The van der Waals surface area contributed by atoms with Crippen LogP contribution in [0.1, 0.15) is 16.8 Å². The van der Waals surface area contributed by atoms with Crippen LogP contribution in [0.5, 0.6) is 0 Å². The molecule has 0 aromatic heterocycles. The number of Topliss-reactive ketones (excluding diaryl/α,β-unsaturated/α-hetero) is 1.